The van der Waals surface area contributed by atoms with Crippen molar-refractivity contribution in [2.24, 2.45) is 5.92 Å². The number of hydrogen-bond donors (Lipinski definition) is 1. The summed E-state index contributed by atoms with van der Waals surface area (Å²) in [6, 6.07) is 11.0. The fourth-order valence-corrected chi connectivity index (χ4v) is 2.89. The van der Waals surface area contributed by atoms with Crippen LogP contribution in [0, 0.1) is 5.92 Å². The molecule has 2 unspecified atom stereocenters. The molecule has 0 spiro atoms. The van der Waals surface area contributed by atoms with Gasteiger partial charge in [-0.2, -0.15) is 0 Å². The summed E-state index contributed by atoms with van der Waals surface area (Å²) < 4.78 is 0. The van der Waals surface area contributed by atoms with Crippen molar-refractivity contribution in [1.82, 2.24) is 10.2 Å². The van der Waals surface area contributed by atoms with Crippen LogP contribution in [0.4, 0.5) is 0 Å². The molecule has 2 heteroatoms. The molecule has 1 aliphatic rings. The van der Waals surface area contributed by atoms with Crippen LogP contribution in [0.5, 0.6) is 0 Å². The molecule has 0 radical (unpaired) electrons. The second-order valence-corrected chi connectivity index (χ2v) is 5.57. The maximum Gasteiger partial charge on any atom is 0.00509 e. The van der Waals surface area contributed by atoms with E-state index in [-0.39, 0.29) is 0 Å². The summed E-state index contributed by atoms with van der Waals surface area (Å²) in [7, 11) is 0. The van der Waals surface area contributed by atoms with Crippen LogP contribution in [0.3, 0.4) is 0 Å². The van der Waals surface area contributed by atoms with Gasteiger partial charge in [-0.05, 0) is 43.5 Å². The first-order valence-corrected chi connectivity index (χ1v) is 7.27. The lowest BCUT2D eigenvalue weighted by Crippen LogP contribution is -2.32. The molecular weight excluding hydrogens is 220 g/mol. The van der Waals surface area contributed by atoms with Crippen LogP contribution in [0.25, 0.3) is 0 Å². The van der Waals surface area contributed by atoms with E-state index in [4.69, 9.17) is 0 Å². The molecule has 0 saturated carbocycles. The summed E-state index contributed by atoms with van der Waals surface area (Å²) in [4.78, 5) is 2.62. The zero-order valence-corrected chi connectivity index (χ0v) is 11.7. The van der Waals surface area contributed by atoms with Gasteiger partial charge in [-0.3, -0.25) is 0 Å². The molecule has 1 aromatic carbocycles. The summed E-state index contributed by atoms with van der Waals surface area (Å²) in [6.07, 6.45) is 1.32. The molecular formula is C16H26N2. The SMILES string of the molecule is CCNCC(C)CN1CCC(c2ccccc2)C1. The third-order valence-electron chi connectivity index (χ3n) is 3.86. The Morgan fingerprint density at radius 2 is 2.11 bits per heavy atom. The molecule has 1 aromatic rings. The standard InChI is InChI=1S/C16H26N2/c1-3-17-11-14(2)12-18-10-9-16(13-18)15-7-5-4-6-8-15/h4-8,14,16-17H,3,9-13H2,1-2H3. The average Bonchev–Trinajstić information content (AvgIpc) is 2.86. The van der Waals surface area contributed by atoms with Gasteiger partial charge in [0.1, 0.15) is 0 Å². The van der Waals surface area contributed by atoms with Crippen molar-refractivity contribution in [2.75, 3.05) is 32.7 Å². The molecule has 2 atom stereocenters. The summed E-state index contributed by atoms with van der Waals surface area (Å²) in [5, 5.41) is 3.44. The summed E-state index contributed by atoms with van der Waals surface area (Å²) in [6.45, 7) is 10.5. The zero-order chi connectivity index (χ0) is 12.8. The molecule has 0 aromatic heterocycles. The highest BCUT2D eigenvalue weighted by Crippen LogP contribution is 2.27. The summed E-state index contributed by atoms with van der Waals surface area (Å²) in [5.74, 6) is 1.50. The van der Waals surface area contributed by atoms with Crippen LogP contribution in [0.1, 0.15) is 31.7 Å². The van der Waals surface area contributed by atoms with E-state index in [1.54, 1.807) is 0 Å². The lowest BCUT2D eigenvalue weighted by atomic mass is 9.99. The molecule has 1 fully saturated rings. The number of rotatable bonds is 6. The predicted octanol–water partition coefficient (Wildman–Crippen LogP) is 2.72. The van der Waals surface area contributed by atoms with Crippen LogP contribution in [0.15, 0.2) is 30.3 Å². The Morgan fingerprint density at radius 1 is 1.33 bits per heavy atom. The van der Waals surface area contributed by atoms with E-state index >= 15 is 0 Å². The Morgan fingerprint density at radius 3 is 2.83 bits per heavy atom. The van der Waals surface area contributed by atoms with E-state index < -0.39 is 0 Å². The third-order valence-corrected chi connectivity index (χ3v) is 3.86. The van der Waals surface area contributed by atoms with Crippen molar-refractivity contribution in [3.05, 3.63) is 35.9 Å². The van der Waals surface area contributed by atoms with Crippen LogP contribution < -0.4 is 5.32 Å². The van der Waals surface area contributed by atoms with Gasteiger partial charge in [-0.1, -0.05) is 44.2 Å². The molecule has 100 valence electrons. The van der Waals surface area contributed by atoms with Gasteiger partial charge >= 0.3 is 0 Å². The Bertz CT molecular complexity index is 336. The van der Waals surface area contributed by atoms with Crippen molar-refractivity contribution < 1.29 is 0 Å². The second kappa shape index (κ2) is 6.91. The van der Waals surface area contributed by atoms with Gasteiger partial charge in [-0.25, -0.2) is 0 Å². The molecule has 1 saturated heterocycles. The van der Waals surface area contributed by atoms with Crippen LogP contribution in [0.2, 0.25) is 0 Å². The minimum absolute atomic E-state index is 0.748. The monoisotopic (exact) mass is 246 g/mol. The highest BCUT2D eigenvalue weighted by atomic mass is 15.1. The molecule has 0 amide bonds. The van der Waals surface area contributed by atoms with Gasteiger partial charge in [0.05, 0.1) is 0 Å². The minimum atomic E-state index is 0.748. The fourth-order valence-electron chi connectivity index (χ4n) is 2.89. The van der Waals surface area contributed by atoms with Gasteiger partial charge in [0, 0.05) is 13.1 Å². The van der Waals surface area contributed by atoms with Gasteiger partial charge in [0.2, 0.25) is 0 Å². The van der Waals surface area contributed by atoms with Gasteiger partial charge < -0.3 is 10.2 Å². The van der Waals surface area contributed by atoms with Crippen LogP contribution in [-0.2, 0) is 0 Å². The minimum Gasteiger partial charge on any atom is -0.317 e. The molecule has 1 heterocycles. The Labute approximate surface area is 111 Å². The maximum atomic E-state index is 3.44. The summed E-state index contributed by atoms with van der Waals surface area (Å²) in [5.41, 5.74) is 1.51. The molecule has 0 bridgehead atoms. The normalized spacial score (nSPS) is 22.2. The zero-order valence-electron chi connectivity index (χ0n) is 11.7. The van der Waals surface area contributed by atoms with E-state index in [0.29, 0.717) is 0 Å². The smallest absolute Gasteiger partial charge is 0.00509 e. The van der Waals surface area contributed by atoms with Gasteiger partial charge in [0.15, 0.2) is 0 Å². The lowest BCUT2D eigenvalue weighted by Gasteiger charge is -2.21. The topological polar surface area (TPSA) is 15.3 Å². The molecule has 2 rings (SSSR count). The lowest BCUT2D eigenvalue weighted by molar-refractivity contribution is 0.280. The Hall–Kier alpha value is -0.860. The number of nitrogens with zero attached hydrogens (tertiary/aromatic N) is 1. The van der Waals surface area contributed by atoms with Crippen molar-refractivity contribution in [1.29, 1.82) is 0 Å². The largest absolute Gasteiger partial charge is 0.317 e. The van der Waals surface area contributed by atoms with E-state index in [2.05, 4.69) is 54.4 Å². The molecule has 2 nitrogen and oxygen atoms in total. The fraction of sp³-hybridized carbons (Fsp3) is 0.625. The average molecular weight is 246 g/mol. The molecule has 0 aliphatic carbocycles. The summed E-state index contributed by atoms with van der Waals surface area (Å²) >= 11 is 0. The molecule has 1 aliphatic heterocycles. The van der Waals surface area contributed by atoms with E-state index in [0.717, 1.165) is 24.9 Å². The van der Waals surface area contributed by atoms with Crippen LogP contribution in [-0.4, -0.2) is 37.6 Å². The maximum absolute atomic E-state index is 3.44. The first-order chi connectivity index (χ1) is 8.79. The molecule has 18 heavy (non-hydrogen) atoms. The number of nitrogens with one attached hydrogen (secondary N) is 1. The van der Waals surface area contributed by atoms with E-state index in [9.17, 15) is 0 Å². The number of benzene rings is 1. The van der Waals surface area contributed by atoms with Crippen molar-refractivity contribution in [2.45, 2.75) is 26.2 Å². The van der Waals surface area contributed by atoms with E-state index in [1.807, 2.05) is 0 Å². The molecule has 1 N–H and O–H groups in total. The quantitative estimate of drug-likeness (QED) is 0.830. The Balaban J connectivity index is 1.78. The van der Waals surface area contributed by atoms with Crippen molar-refractivity contribution >= 4 is 0 Å². The highest BCUT2D eigenvalue weighted by Gasteiger charge is 2.24. The Kier molecular flexibility index (Phi) is 5.21. The van der Waals surface area contributed by atoms with Crippen molar-refractivity contribution in [3.8, 4) is 0 Å². The van der Waals surface area contributed by atoms with Crippen LogP contribution >= 0.6 is 0 Å². The third kappa shape index (κ3) is 3.82. The first-order valence-electron chi connectivity index (χ1n) is 7.27. The number of likely N-dealkylation sites (tertiary alicyclic amines) is 1. The second-order valence-electron chi connectivity index (χ2n) is 5.57. The van der Waals surface area contributed by atoms with Gasteiger partial charge in [0.25, 0.3) is 0 Å². The highest BCUT2D eigenvalue weighted by molar-refractivity contribution is 5.20. The van der Waals surface area contributed by atoms with Crippen molar-refractivity contribution in [3.63, 3.8) is 0 Å². The number of hydrogen-bond acceptors (Lipinski definition) is 2. The van der Waals surface area contributed by atoms with E-state index in [1.165, 1.54) is 31.6 Å². The predicted molar refractivity (Wildman–Crippen MR) is 77.9 cm³/mol. The first kappa shape index (κ1) is 13.6. The van der Waals surface area contributed by atoms with Gasteiger partial charge in [-0.15, -0.1) is 0 Å².